The number of benzene rings is 4. The molecule has 0 bridgehead atoms. The van der Waals surface area contributed by atoms with E-state index in [1.165, 1.54) is 6.08 Å². The Balaban J connectivity index is 1.39. The summed E-state index contributed by atoms with van der Waals surface area (Å²) in [6.45, 7) is 2.48. The number of ether oxygens (including phenoxy) is 1. The molecule has 7 heteroatoms. The Labute approximate surface area is 215 Å². The van der Waals surface area contributed by atoms with Crippen LogP contribution < -0.4 is 20.7 Å². The van der Waals surface area contributed by atoms with Crippen molar-refractivity contribution in [3.63, 3.8) is 0 Å². The van der Waals surface area contributed by atoms with Crippen LogP contribution in [0.1, 0.15) is 22.8 Å². The number of carbonyl (C=O) groups is 2. The highest BCUT2D eigenvalue weighted by atomic mass is 32.1. The minimum Gasteiger partial charge on any atom is -0.494 e. The SMILES string of the molecule is CCOc1ccc(NC(=O)c2ccccc2NC(=S)NC(=O)/C=C/c2cccc3ccccc23)cc1. The maximum Gasteiger partial charge on any atom is 0.257 e. The van der Waals surface area contributed by atoms with Gasteiger partial charge >= 0.3 is 0 Å². The highest BCUT2D eigenvalue weighted by molar-refractivity contribution is 7.80. The third-order valence-corrected chi connectivity index (χ3v) is 5.52. The maximum atomic E-state index is 12.9. The zero-order valence-electron chi connectivity index (χ0n) is 19.7. The number of carbonyl (C=O) groups excluding carboxylic acids is 2. The lowest BCUT2D eigenvalue weighted by Gasteiger charge is -2.13. The van der Waals surface area contributed by atoms with Crippen molar-refractivity contribution in [2.75, 3.05) is 17.2 Å². The number of amides is 2. The first-order valence-corrected chi connectivity index (χ1v) is 11.9. The van der Waals surface area contributed by atoms with E-state index in [0.29, 0.717) is 23.5 Å². The van der Waals surface area contributed by atoms with E-state index in [1.807, 2.05) is 49.4 Å². The van der Waals surface area contributed by atoms with Crippen molar-refractivity contribution in [3.05, 3.63) is 108 Å². The van der Waals surface area contributed by atoms with Crippen LogP contribution in [0.5, 0.6) is 5.75 Å². The summed E-state index contributed by atoms with van der Waals surface area (Å²) < 4.78 is 5.43. The number of fused-ring (bicyclic) bond motifs is 1. The molecule has 0 saturated carbocycles. The molecule has 0 aliphatic heterocycles. The lowest BCUT2D eigenvalue weighted by molar-refractivity contribution is -0.115. The Morgan fingerprint density at radius 1 is 0.861 bits per heavy atom. The average molecular weight is 496 g/mol. The number of para-hydroxylation sites is 1. The first-order chi connectivity index (χ1) is 17.5. The van der Waals surface area contributed by atoms with Crippen LogP contribution in [-0.2, 0) is 4.79 Å². The monoisotopic (exact) mass is 495 g/mol. The summed E-state index contributed by atoms with van der Waals surface area (Å²) in [7, 11) is 0. The van der Waals surface area contributed by atoms with Gasteiger partial charge in [0.1, 0.15) is 5.75 Å². The van der Waals surface area contributed by atoms with Crippen molar-refractivity contribution >= 4 is 57.4 Å². The molecule has 0 saturated heterocycles. The van der Waals surface area contributed by atoms with Crippen molar-refractivity contribution in [1.29, 1.82) is 0 Å². The highest BCUT2D eigenvalue weighted by Crippen LogP contribution is 2.21. The molecule has 0 aliphatic carbocycles. The van der Waals surface area contributed by atoms with Crippen LogP contribution >= 0.6 is 12.2 Å². The van der Waals surface area contributed by atoms with E-state index in [9.17, 15) is 9.59 Å². The van der Waals surface area contributed by atoms with E-state index in [-0.39, 0.29) is 16.9 Å². The van der Waals surface area contributed by atoms with Crippen LogP contribution in [0.25, 0.3) is 16.8 Å². The van der Waals surface area contributed by atoms with Gasteiger partial charge < -0.3 is 15.4 Å². The fraction of sp³-hybridized carbons (Fsp3) is 0.0690. The standard InChI is InChI=1S/C29H25N3O3S/c1-2-35-23-17-15-22(16-18-23)30-28(34)25-12-5-6-13-26(25)31-29(36)32-27(33)19-14-21-10-7-9-20-8-3-4-11-24(20)21/h3-19H,2H2,1H3,(H,30,34)(H2,31,32,33,36)/b19-14+. The number of nitrogens with one attached hydrogen (secondary N) is 3. The van der Waals surface area contributed by atoms with E-state index in [2.05, 4.69) is 16.0 Å². The Hall–Kier alpha value is -4.49. The van der Waals surface area contributed by atoms with Crippen molar-refractivity contribution < 1.29 is 14.3 Å². The van der Waals surface area contributed by atoms with Gasteiger partial charge in [0, 0.05) is 11.8 Å². The molecule has 3 N–H and O–H groups in total. The van der Waals surface area contributed by atoms with E-state index in [1.54, 1.807) is 54.6 Å². The number of thiocarbonyl (C=S) groups is 1. The molecule has 0 atom stereocenters. The molecule has 36 heavy (non-hydrogen) atoms. The maximum absolute atomic E-state index is 12.9. The second-order valence-corrected chi connectivity index (χ2v) is 8.21. The summed E-state index contributed by atoms with van der Waals surface area (Å²) in [5.74, 6) is 0.0390. The number of hydrogen-bond acceptors (Lipinski definition) is 4. The van der Waals surface area contributed by atoms with Crippen molar-refractivity contribution in [2.24, 2.45) is 0 Å². The van der Waals surface area contributed by atoms with E-state index < -0.39 is 0 Å². The second kappa shape index (κ2) is 11.8. The van der Waals surface area contributed by atoms with Gasteiger partial charge in [0.05, 0.1) is 17.9 Å². The third-order valence-electron chi connectivity index (χ3n) is 5.32. The molecule has 0 spiro atoms. The normalized spacial score (nSPS) is 10.7. The Morgan fingerprint density at radius 2 is 1.58 bits per heavy atom. The van der Waals surface area contributed by atoms with Crippen LogP contribution in [0.3, 0.4) is 0 Å². The fourth-order valence-electron chi connectivity index (χ4n) is 3.66. The molecule has 4 aromatic carbocycles. The summed E-state index contributed by atoms with van der Waals surface area (Å²) in [5, 5.41) is 10.7. The number of hydrogen-bond donors (Lipinski definition) is 3. The Kier molecular flexibility index (Phi) is 8.05. The van der Waals surface area contributed by atoms with Crippen LogP contribution in [0, 0.1) is 0 Å². The molecule has 2 amide bonds. The molecule has 4 aromatic rings. The smallest absolute Gasteiger partial charge is 0.257 e. The molecular formula is C29H25N3O3S. The first-order valence-electron chi connectivity index (χ1n) is 11.4. The van der Waals surface area contributed by atoms with Crippen LogP contribution in [0.4, 0.5) is 11.4 Å². The van der Waals surface area contributed by atoms with Gasteiger partial charge in [0.25, 0.3) is 5.91 Å². The number of rotatable bonds is 7. The predicted octanol–water partition coefficient (Wildman–Crippen LogP) is 6.02. The van der Waals surface area contributed by atoms with Gasteiger partial charge in [-0.15, -0.1) is 0 Å². The predicted molar refractivity (Wildman–Crippen MR) is 149 cm³/mol. The average Bonchev–Trinajstić information content (AvgIpc) is 2.89. The van der Waals surface area contributed by atoms with Gasteiger partial charge in [0.15, 0.2) is 5.11 Å². The molecule has 0 fully saturated rings. The van der Waals surface area contributed by atoms with Crippen LogP contribution in [0.2, 0.25) is 0 Å². The summed E-state index contributed by atoms with van der Waals surface area (Å²) in [5.41, 5.74) is 2.42. The molecule has 0 heterocycles. The van der Waals surface area contributed by atoms with Gasteiger partial charge in [-0.2, -0.15) is 0 Å². The van der Waals surface area contributed by atoms with Gasteiger partial charge in [-0.3, -0.25) is 14.9 Å². The highest BCUT2D eigenvalue weighted by Gasteiger charge is 2.13. The Morgan fingerprint density at radius 3 is 2.39 bits per heavy atom. The molecule has 4 rings (SSSR count). The van der Waals surface area contributed by atoms with Crippen LogP contribution in [0.15, 0.2) is 97.1 Å². The molecule has 6 nitrogen and oxygen atoms in total. The number of anilines is 2. The van der Waals surface area contributed by atoms with Gasteiger partial charge in [0.2, 0.25) is 5.91 Å². The third kappa shape index (κ3) is 6.34. The summed E-state index contributed by atoms with van der Waals surface area (Å²) >= 11 is 5.31. The minimum atomic E-state index is -0.378. The Bertz CT molecular complexity index is 1430. The quantitative estimate of drug-likeness (QED) is 0.216. The summed E-state index contributed by atoms with van der Waals surface area (Å²) in [6, 6.07) is 27.9. The summed E-state index contributed by atoms with van der Waals surface area (Å²) in [6.07, 6.45) is 3.18. The molecule has 180 valence electrons. The second-order valence-electron chi connectivity index (χ2n) is 7.80. The van der Waals surface area contributed by atoms with E-state index in [0.717, 1.165) is 22.1 Å². The van der Waals surface area contributed by atoms with Gasteiger partial charge in [-0.05, 0) is 78.0 Å². The molecule has 0 aliphatic rings. The lowest BCUT2D eigenvalue weighted by Crippen LogP contribution is -2.33. The fourth-order valence-corrected chi connectivity index (χ4v) is 3.87. The van der Waals surface area contributed by atoms with Crippen LogP contribution in [-0.4, -0.2) is 23.5 Å². The van der Waals surface area contributed by atoms with Gasteiger partial charge in [-0.25, -0.2) is 0 Å². The van der Waals surface area contributed by atoms with Crippen molar-refractivity contribution in [3.8, 4) is 5.75 Å². The van der Waals surface area contributed by atoms with E-state index >= 15 is 0 Å². The lowest BCUT2D eigenvalue weighted by atomic mass is 10.0. The topological polar surface area (TPSA) is 79.5 Å². The van der Waals surface area contributed by atoms with Crippen molar-refractivity contribution in [2.45, 2.75) is 6.92 Å². The molecule has 0 unspecified atom stereocenters. The van der Waals surface area contributed by atoms with Gasteiger partial charge in [-0.1, -0.05) is 54.6 Å². The first kappa shape index (κ1) is 24.6. The molecular weight excluding hydrogens is 470 g/mol. The van der Waals surface area contributed by atoms with Crippen molar-refractivity contribution in [1.82, 2.24) is 5.32 Å². The zero-order chi connectivity index (χ0) is 25.3. The molecule has 0 radical (unpaired) electrons. The molecule has 0 aromatic heterocycles. The minimum absolute atomic E-state index is 0.0869. The zero-order valence-corrected chi connectivity index (χ0v) is 20.5. The van der Waals surface area contributed by atoms with E-state index in [4.69, 9.17) is 17.0 Å². The largest absolute Gasteiger partial charge is 0.494 e. The summed E-state index contributed by atoms with van der Waals surface area (Å²) in [4.78, 5) is 25.4.